The average molecular weight is 987 g/mol. The first kappa shape index (κ1) is 45.5. The van der Waals surface area contributed by atoms with Crippen LogP contribution in [0.5, 0.6) is 23.0 Å². The summed E-state index contributed by atoms with van der Waals surface area (Å²) in [6.45, 7) is 0. The van der Waals surface area contributed by atoms with Crippen molar-refractivity contribution in [3.05, 3.63) is 326 Å². The molecule has 77 heavy (non-hydrogen) atoms. The molecule has 0 saturated heterocycles. The van der Waals surface area contributed by atoms with E-state index in [1.54, 1.807) is 0 Å². The van der Waals surface area contributed by atoms with Gasteiger partial charge in [0.1, 0.15) is 11.5 Å². The molecule has 0 unspecified atom stereocenters. The van der Waals surface area contributed by atoms with Gasteiger partial charge in [0.15, 0.2) is 11.5 Å². The smallest absolute Gasteiger partial charge is 0.156 e. The molecule has 0 N–H and O–H groups in total. The quantitative estimate of drug-likeness (QED) is 0.136. The summed E-state index contributed by atoms with van der Waals surface area (Å²) in [6, 6.07) is 108. The Morgan fingerprint density at radius 3 is 0.974 bits per heavy atom. The average Bonchev–Trinajstić information content (AvgIpc) is 3.69. The molecule has 14 rings (SSSR count). The molecule has 4 nitrogen and oxygen atoms in total. The first-order valence-corrected chi connectivity index (χ1v) is 26.2. The zero-order valence-electron chi connectivity index (χ0n) is 42.1. The molecule has 0 radical (unpaired) electrons. The number of ether oxygens (including phenoxy) is 2. The van der Waals surface area contributed by atoms with E-state index in [0.29, 0.717) is 0 Å². The van der Waals surface area contributed by atoms with Gasteiger partial charge in [-0.1, -0.05) is 243 Å². The van der Waals surface area contributed by atoms with E-state index in [0.717, 1.165) is 124 Å². The molecule has 0 aliphatic carbocycles. The topological polar surface area (TPSA) is 24.9 Å². The zero-order valence-corrected chi connectivity index (χ0v) is 42.1. The van der Waals surface area contributed by atoms with Gasteiger partial charge in [0.05, 0.1) is 28.2 Å². The van der Waals surface area contributed by atoms with Crippen molar-refractivity contribution in [2.24, 2.45) is 0 Å². The highest BCUT2D eigenvalue weighted by molar-refractivity contribution is 5.95. The van der Waals surface area contributed by atoms with Crippen molar-refractivity contribution >= 4 is 34.1 Å². The van der Waals surface area contributed by atoms with Crippen LogP contribution >= 0.6 is 0 Å². The standard InChI is InChI=1S/C73H50N2O2/c1-5-25-51(26-6-1)55-33-21-35-57(49-55)74(65-43-17-13-37-59(65)53-29-9-3-10-30-53)67-45-23-41-63-71(67)76-69-47-19-15-39-61(69)73(63)62-40-16-20-48-70(62)77-72-64(73)42-24-46-68(72)75(58-36-22-34-56(50-58)52-27-7-2-8-28-52)66-44-18-14-38-60(66)54-31-11-4-12-32-54/h1-50H. The Bertz CT molecular complexity index is 3850. The fraction of sp³-hybridized carbons (Fsp3) is 0.0137. The van der Waals surface area contributed by atoms with Crippen LogP contribution in [0.3, 0.4) is 0 Å². The number of benzene rings is 12. The molecular formula is C73H50N2O2. The van der Waals surface area contributed by atoms with Crippen LogP contribution in [-0.4, -0.2) is 0 Å². The third kappa shape index (κ3) is 7.77. The van der Waals surface area contributed by atoms with Crippen LogP contribution in [0.4, 0.5) is 34.1 Å². The molecule has 0 bridgehead atoms. The molecule has 4 heteroatoms. The van der Waals surface area contributed by atoms with Crippen LogP contribution < -0.4 is 19.3 Å². The third-order valence-corrected chi connectivity index (χ3v) is 15.2. The molecular weight excluding hydrogens is 937 g/mol. The van der Waals surface area contributed by atoms with Gasteiger partial charge in [0.2, 0.25) is 0 Å². The number of rotatable bonds is 10. The third-order valence-electron chi connectivity index (χ3n) is 15.2. The molecule has 364 valence electrons. The summed E-state index contributed by atoms with van der Waals surface area (Å²) < 4.78 is 15.0. The van der Waals surface area contributed by atoms with Gasteiger partial charge >= 0.3 is 0 Å². The minimum absolute atomic E-state index is 0.758. The molecule has 0 fully saturated rings. The van der Waals surface area contributed by atoms with Gasteiger partial charge in [-0.05, 0) is 94.0 Å². The van der Waals surface area contributed by atoms with E-state index in [4.69, 9.17) is 9.47 Å². The van der Waals surface area contributed by atoms with Crippen molar-refractivity contribution in [3.8, 4) is 67.5 Å². The van der Waals surface area contributed by atoms with Crippen LogP contribution in [0.25, 0.3) is 44.5 Å². The lowest BCUT2D eigenvalue weighted by Crippen LogP contribution is -2.37. The van der Waals surface area contributed by atoms with Crippen LogP contribution in [0.1, 0.15) is 22.3 Å². The van der Waals surface area contributed by atoms with Gasteiger partial charge in [0.25, 0.3) is 0 Å². The molecule has 0 atom stereocenters. The Hall–Kier alpha value is -10.2. The summed E-state index contributed by atoms with van der Waals surface area (Å²) in [5.74, 6) is 3.07. The molecule has 2 aliphatic heterocycles. The maximum Gasteiger partial charge on any atom is 0.156 e. The second-order valence-corrected chi connectivity index (χ2v) is 19.5. The lowest BCUT2D eigenvalue weighted by Gasteiger charge is -2.46. The molecule has 0 amide bonds. The van der Waals surface area contributed by atoms with Crippen LogP contribution in [0.15, 0.2) is 303 Å². The Balaban J connectivity index is 1.05. The van der Waals surface area contributed by atoms with E-state index in [9.17, 15) is 0 Å². The number of fused-ring (bicyclic) bond motifs is 8. The molecule has 0 saturated carbocycles. The van der Waals surface area contributed by atoms with Crippen molar-refractivity contribution in [2.45, 2.75) is 5.41 Å². The predicted octanol–water partition coefficient (Wildman–Crippen LogP) is 19.9. The van der Waals surface area contributed by atoms with E-state index in [-0.39, 0.29) is 0 Å². The molecule has 1 spiro atoms. The van der Waals surface area contributed by atoms with Gasteiger partial charge < -0.3 is 19.3 Å². The number of hydrogen-bond donors (Lipinski definition) is 0. The largest absolute Gasteiger partial charge is 0.454 e. The van der Waals surface area contributed by atoms with Crippen molar-refractivity contribution in [3.63, 3.8) is 0 Å². The van der Waals surface area contributed by atoms with Crippen molar-refractivity contribution in [2.75, 3.05) is 9.80 Å². The summed E-state index contributed by atoms with van der Waals surface area (Å²) >= 11 is 0. The molecule has 12 aromatic rings. The number of para-hydroxylation sites is 6. The van der Waals surface area contributed by atoms with E-state index in [1.807, 2.05) is 0 Å². The maximum absolute atomic E-state index is 7.49. The van der Waals surface area contributed by atoms with E-state index in [2.05, 4.69) is 313 Å². The first-order valence-electron chi connectivity index (χ1n) is 26.2. The van der Waals surface area contributed by atoms with E-state index >= 15 is 0 Å². The van der Waals surface area contributed by atoms with Gasteiger partial charge in [0, 0.05) is 44.8 Å². The van der Waals surface area contributed by atoms with Crippen molar-refractivity contribution in [1.29, 1.82) is 0 Å². The molecule has 2 aliphatic rings. The van der Waals surface area contributed by atoms with Gasteiger partial charge in [-0.25, -0.2) is 0 Å². The Labute approximate surface area is 449 Å². The van der Waals surface area contributed by atoms with Gasteiger partial charge in [-0.15, -0.1) is 0 Å². The molecule has 12 aromatic carbocycles. The predicted molar refractivity (Wildman–Crippen MR) is 316 cm³/mol. The summed E-state index contributed by atoms with van der Waals surface area (Å²) in [5, 5.41) is 0. The second kappa shape index (κ2) is 19.3. The Kier molecular flexibility index (Phi) is 11.4. The Morgan fingerprint density at radius 2 is 0.545 bits per heavy atom. The van der Waals surface area contributed by atoms with Crippen LogP contribution in [0.2, 0.25) is 0 Å². The highest BCUT2D eigenvalue weighted by Gasteiger charge is 2.52. The van der Waals surface area contributed by atoms with Gasteiger partial charge in [-0.2, -0.15) is 0 Å². The Morgan fingerprint density at radius 1 is 0.234 bits per heavy atom. The first-order chi connectivity index (χ1) is 38.2. The van der Waals surface area contributed by atoms with Crippen molar-refractivity contribution < 1.29 is 9.47 Å². The zero-order chi connectivity index (χ0) is 51.1. The SMILES string of the molecule is c1ccc(-c2cccc(N(c3ccccc3-c3ccccc3)c3cccc4c3Oc3ccccc3C43c4ccccc4Oc4c(N(c5cccc(-c6ccccc6)c5)c5ccccc5-c5ccccc5)cccc43)c2)cc1. The highest BCUT2D eigenvalue weighted by Crippen LogP contribution is 2.65. The molecule has 0 aromatic heterocycles. The lowest BCUT2D eigenvalue weighted by atomic mass is 9.62. The van der Waals surface area contributed by atoms with E-state index < -0.39 is 5.41 Å². The summed E-state index contributed by atoms with van der Waals surface area (Å²) in [7, 11) is 0. The number of hydrogen-bond acceptors (Lipinski definition) is 4. The maximum atomic E-state index is 7.49. The van der Waals surface area contributed by atoms with E-state index in [1.165, 1.54) is 0 Å². The van der Waals surface area contributed by atoms with Crippen molar-refractivity contribution in [1.82, 2.24) is 0 Å². The number of anilines is 6. The highest BCUT2D eigenvalue weighted by atomic mass is 16.5. The lowest BCUT2D eigenvalue weighted by molar-refractivity contribution is 0.400. The fourth-order valence-electron chi connectivity index (χ4n) is 11.8. The second-order valence-electron chi connectivity index (χ2n) is 19.5. The minimum Gasteiger partial charge on any atom is -0.454 e. The number of nitrogens with zero attached hydrogens (tertiary/aromatic N) is 2. The summed E-state index contributed by atoms with van der Waals surface area (Å²) in [5.41, 5.74) is 18.0. The van der Waals surface area contributed by atoms with Gasteiger partial charge in [-0.3, -0.25) is 0 Å². The summed E-state index contributed by atoms with van der Waals surface area (Å²) in [6.07, 6.45) is 0. The van der Waals surface area contributed by atoms with Crippen LogP contribution in [0, 0.1) is 0 Å². The summed E-state index contributed by atoms with van der Waals surface area (Å²) in [4.78, 5) is 4.78. The monoisotopic (exact) mass is 986 g/mol. The fourth-order valence-corrected chi connectivity index (χ4v) is 11.8. The van der Waals surface area contributed by atoms with Crippen LogP contribution in [-0.2, 0) is 5.41 Å². The normalized spacial score (nSPS) is 12.5. The minimum atomic E-state index is -0.923. The molecule has 2 heterocycles.